The first-order valence-corrected chi connectivity index (χ1v) is 6.33. The molecule has 15 heavy (non-hydrogen) atoms. The maximum Gasteiger partial charge on any atom is 0.0494 e. The third kappa shape index (κ3) is 3.05. The summed E-state index contributed by atoms with van der Waals surface area (Å²) < 4.78 is 0. The second kappa shape index (κ2) is 5.13. The Labute approximate surface area is 92.8 Å². The van der Waals surface area contributed by atoms with Crippen molar-refractivity contribution >= 4 is 0 Å². The Bertz CT molecular complexity index is 227. The summed E-state index contributed by atoms with van der Waals surface area (Å²) in [4.78, 5) is 0. The minimum atomic E-state index is 0.301. The van der Waals surface area contributed by atoms with Crippen LogP contribution in [-0.4, -0.2) is 23.8 Å². The van der Waals surface area contributed by atoms with Gasteiger partial charge >= 0.3 is 0 Å². The van der Waals surface area contributed by atoms with Gasteiger partial charge in [-0.1, -0.05) is 31.9 Å². The molecule has 2 heteroatoms. The second-order valence-electron chi connectivity index (χ2n) is 5.31. The van der Waals surface area contributed by atoms with Gasteiger partial charge in [0, 0.05) is 24.6 Å². The van der Waals surface area contributed by atoms with Crippen LogP contribution in [-0.2, 0) is 0 Å². The zero-order valence-electron chi connectivity index (χ0n) is 9.65. The molecule has 1 saturated carbocycles. The van der Waals surface area contributed by atoms with Crippen LogP contribution in [0.5, 0.6) is 0 Å². The first-order valence-electron chi connectivity index (χ1n) is 6.33. The summed E-state index contributed by atoms with van der Waals surface area (Å²) >= 11 is 0. The Morgan fingerprint density at radius 2 is 2.13 bits per heavy atom. The zero-order valence-corrected chi connectivity index (χ0v) is 9.65. The lowest BCUT2D eigenvalue weighted by molar-refractivity contribution is 0.237. The van der Waals surface area contributed by atoms with Crippen molar-refractivity contribution in [1.82, 2.24) is 5.32 Å². The molecule has 1 fully saturated rings. The number of hydrogen-bond acceptors (Lipinski definition) is 2. The topological polar surface area (TPSA) is 32.3 Å². The highest BCUT2D eigenvalue weighted by Gasteiger charge is 2.24. The summed E-state index contributed by atoms with van der Waals surface area (Å²) in [6.07, 6.45) is 10.9. The molecule has 0 unspecified atom stereocenters. The van der Waals surface area contributed by atoms with Crippen molar-refractivity contribution in [2.75, 3.05) is 6.61 Å². The fourth-order valence-electron chi connectivity index (χ4n) is 2.92. The molecule has 0 aromatic heterocycles. The number of hydrogen-bond donors (Lipinski definition) is 2. The molecule has 0 aliphatic heterocycles. The fourth-order valence-corrected chi connectivity index (χ4v) is 2.92. The van der Waals surface area contributed by atoms with Crippen LogP contribution >= 0.6 is 0 Å². The number of nitrogens with one attached hydrogen (secondary N) is 1. The van der Waals surface area contributed by atoms with Gasteiger partial charge in [0.05, 0.1) is 0 Å². The van der Waals surface area contributed by atoms with E-state index in [1.165, 1.54) is 25.7 Å². The van der Waals surface area contributed by atoms with Crippen LogP contribution in [0.15, 0.2) is 12.2 Å². The van der Waals surface area contributed by atoms with Crippen LogP contribution in [0.25, 0.3) is 0 Å². The van der Waals surface area contributed by atoms with Crippen LogP contribution in [0.2, 0.25) is 0 Å². The Morgan fingerprint density at radius 1 is 1.27 bits per heavy atom. The van der Waals surface area contributed by atoms with Gasteiger partial charge < -0.3 is 10.4 Å². The standard InChI is InChI=1S/C13H23NO/c1-10-3-2-4-12(7-10)14-13-6-5-11(8-13)9-15/h5-6,10-15H,2-4,7-9H2,1H3/t10-,11+,12+,13-/m1/s1. The van der Waals surface area contributed by atoms with Gasteiger partial charge in [0.2, 0.25) is 0 Å². The fraction of sp³-hybridized carbons (Fsp3) is 0.846. The summed E-state index contributed by atoms with van der Waals surface area (Å²) in [5.74, 6) is 1.28. The smallest absolute Gasteiger partial charge is 0.0494 e. The van der Waals surface area contributed by atoms with Gasteiger partial charge in [-0.3, -0.25) is 0 Å². The molecule has 0 radical (unpaired) electrons. The van der Waals surface area contributed by atoms with Crippen molar-refractivity contribution in [3.8, 4) is 0 Å². The van der Waals surface area contributed by atoms with Gasteiger partial charge in [-0.25, -0.2) is 0 Å². The van der Waals surface area contributed by atoms with Crippen LogP contribution in [0, 0.1) is 11.8 Å². The highest BCUT2D eigenvalue weighted by atomic mass is 16.3. The van der Waals surface area contributed by atoms with Crippen molar-refractivity contribution in [1.29, 1.82) is 0 Å². The van der Waals surface area contributed by atoms with E-state index < -0.39 is 0 Å². The lowest BCUT2D eigenvalue weighted by atomic mass is 9.86. The molecular weight excluding hydrogens is 186 g/mol. The molecule has 2 nitrogen and oxygen atoms in total. The quantitative estimate of drug-likeness (QED) is 0.698. The lowest BCUT2D eigenvalue weighted by Gasteiger charge is -2.29. The van der Waals surface area contributed by atoms with Gasteiger partial charge in [-0.15, -0.1) is 0 Å². The minimum absolute atomic E-state index is 0.301. The molecule has 0 aromatic rings. The Balaban J connectivity index is 1.75. The second-order valence-corrected chi connectivity index (χ2v) is 5.31. The van der Waals surface area contributed by atoms with Crippen molar-refractivity contribution < 1.29 is 5.11 Å². The predicted molar refractivity (Wildman–Crippen MR) is 62.7 cm³/mol. The molecule has 0 saturated heterocycles. The van der Waals surface area contributed by atoms with Crippen LogP contribution < -0.4 is 5.32 Å². The molecule has 86 valence electrons. The van der Waals surface area contributed by atoms with Crippen molar-refractivity contribution in [2.24, 2.45) is 11.8 Å². The Morgan fingerprint density at radius 3 is 2.80 bits per heavy atom. The molecule has 2 aliphatic carbocycles. The molecule has 0 aromatic carbocycles. The monoisotopic (exact) mass is 209 g/mol. The third-order valence-electron chi connectivity index (χ3n) is 3.79. The van der Waals surface area contributed by atoms with E-state index in [4.69, 9.17) is 5.11 Å². The lowest BCUT2D eigenvalue weighted by Crippen LogP contribution is -2.39. The van der Waals surface area contributed by atoms with E-state index in [0.29, 0.717) is 24.6 Å². The molecule has 2 aliphatic rings. The van der Waals surface area contributed by atoms with E-state index >= 15 is 0 Å². The maximum absolute atomic E-state index is 9.05. The van der Waals surface area contributed by atoms with E-state index in [2.05, 4.69) is 24.4 Å². The van der Waals surface area contributed by atoms with E-state index in [0.717, 1.165) is 12.3 Å². The van der Waals surface area contributed by atoms with Gasteiger partial charge in [-0.05, 0) is 25.2 Å². The molecule has 0 spiro atoms. The minimum Gasteiger partial charge on any atom is -0.396 e. The van der Waals surface area contributed by atoms with Gasteiger partial charge in [0.15, 0.2) is 0 Å². The summed E-state index contributed by atoms with van der Waals surface area (Å²) in [5.41, 5.74) is 0. The van der Waals surface area contributed by atoms with Gasteiger partial charge in [-0.2, -0.15) is 0 Å². The van der Waals surface area contributed by atoms with E-state index in [1.54, 1.807) is 0 Å². The first-order chi connectivity index (χ1) is 7.28. The summed E-state index contributed by atoms with van der Waals surface area (Å²) in [6.45, 7) is 2.66. The number of rotatable bonds is 3. The molecule has 0 bridgehead atoms. The largest absolute Gasteiger partial charge is 0.396 e. The molecular formula is C13H23NO. The van der Waals surface area contributed by atoms with Gasteiger partial charge in [0.25, 0.3) is 0 Å². The van der Waals surface area contributed by atoms with Gasteiger partial charge in [0.1, 0.15) is 0 Å². The van der Waals surface area contributed by atoms with Crippen molar-refractivity contribution in [2.45, 2.75) is 51.1 Å². The summed E-state index contributed by atoms with van der Waals surface area (Å²) in [7, 11) is 0. The zero-order chi connectivity index (χ0) is 10.7. The SMILES string of the molecule is C[C@@H]1CCC[C@H](N[C@@H]2C=C[C@H](CO)C2)C1. The highest BCUT2D eigenvalue weighted by molar-refractivity contribution is 5.06. The van der Waals surface area contributed by atoms with Crippen LogP contribution in [0.4, 0.5) is 0 Å². The van der Waals surface area contributed by atoms with E-state index in [9.17, 15) is 0 Å². The highest BCUT2D eigenvalue weighted by Crippen LogP contribution is 2.25. The average Bonchev–Trinajstić information content (AvgIpc) is 2.65. The first kappa shape index (κ1) is 11.2. The molecule has 2 rings (SSSR count). The average molecular weight is 209 g/mol. The Kier molecular flexibility index (Phi) is 3.81. The molecule has 4 atom stereocenters. The third-order valence-corrected chi connectivity index (χ3v) is 3.79. The van der Waals surface area contributed by atoms with Crippen molar-refractivity contribution in [3.63, 3.8) is 0 Å². The predicted octanol–water partition coefficient (Wildman–Crippen LogP) is 2.09. The summed E-state index contributed by atoms with van der Waals surface area (Å²) in [6, 6.07) is 1.22. The molecule has 2 N–H and O–H groups in total. The summed E-state index contributed by atoms with van der Waals surface area (Å²) in [5, 5.41) is 12.8. The maximum atomic E-state index is 9.05. The van der Waals surface area contributed by atoms with Crippen LogP contribution in [0.3, 0.4) is 0 Å². The Hall–Kier alpha value is -0.340. The van der Waals surface area contributed by atoms with Crippen LogP contribution in [0.1, 0.15) is 39.0 Å². The normalized spacial score (nSPS) is 40.9. The van der Waals surface area contributed by atoms with E-state index in [-0.39, 0.29) is 0 Å². The molecule has 0 heterocycles. The number of aliphatic hydroxyl groups excluding tert-OH is 1. The molecule has 0 amide bonds. The van der Waals surface area contributed by atoms with Crippen molar-refractivity contribution in [3.05, 3.63) is 12.2 Å². The number of aliphatic hydroxyl groups is 1. The van der Waals surface area contributed by atoms with E-state index in [1.807, 2.05) is 0 Å².